The summed E-state index contributed by atoms with van der Waals surface area (Å²) in [5.41, 5.74) is 2.82. The van der Waals surface area contributed by atoms with Crippen molar-refractivity contribution in [1.82, 2.24) is 9.38 Å². The molecular formula is C15H13IN2O2. The first-order chi connectivity index (χ1) is 9.76. The van der Waals surface area contributed by atoms with Crippen molar-refractivity contribution in [2.75, 3.05) is 13.2 Å². The molecule has 0 aliphatic heterocycles. The van der Waals surface area contributed by atoms with Crippen LogP contribution in [-0.2, 0) is 0 Å². The van der Waals surface area contributed by atoms with Gasteiger partial charge in [0.25, 0.3) is 0 Å². The number of imidazole rings is 1. The molecule has 0 aliphatic rings. The van der Waals surface area contributed by atoms with Gasteiger partial charge in [0.15, 0.2) is 0 Å². The molecule has 2 heterocycles. The number of aliphatic hydroxyl groups is 1. The molecule has 0 bridgehead atoms. The van der Waals surface area contributed by atoms with E-state index in [1.54, 1.807) is 0 Å². The second kappa shape index (κ2) is 5.80. The van der Waals surface area contributed by atoms with Gasteiger partial charge in [0.1, 0.15) is 18.0 Å². The normalized spacial score (nSPS) is 10.9. The van der Waals surface area contributed by atoms with E-state index in [2.05, 4.69) is 27.6 Å². The van der Waals surface area contributed by atoms with E-state index >= 15 is 0 Å². The lowest BCUT2D eigenvalue weighted by Crippen LogP contribution is -2.01. The maximum absolute atomic E-state index is 8.79. The molecule has 0 amide bonds. The molecule has 102 valence electrons. The van der Waals surface area contributed by atoms with Gasteiger partial charge in [0, 0.05) is 21.5 Å². The fourth-order valence-corrected chi connectivity index (χ4v) is 2.49. The number of rotatable bonds is 4. The predicted octanol–water partition coefficient (Wildman–Crippen LogP) is 2.98. The van der Waals surface area contributed by atoms with E-state index in [0.29, 0.717) is 6.61 Å². The summed E-state index contributed by atoms with van der Waals surface area (Å²) in [6.45, 7) is 0.309. The largest absolute Gasteiger partial charge is 0.491 e. The Morgan fingerprint density at radius 3 is 2.95 bits per heavy atom. The van der Waals surface area contributed by atoms with Gasteiger partial charge >= 0.3 is 0 Å². The topological polar surface area (TPSA) is 46.8 Å². The first-order valence-corrected chi connectivity index (χ1v) is 7.32. The van der Waals surface area contributed by atoms with Gasteiger partial charge in [-0.2, -0.15) is 0 Å². The summed E-state index contributed by atoms with van der Waals surface area (Å²) >= 11 is 2.28. The number of ether oxygens (including phenoxy) is 1. The second-order valence-corrected chi connectivity index (χ2v) is 5.58. The van der Waals surface area contributed by atoms with Crippen molar-refractivity contribution in [1.29, 1.82) is 0 Å². The Morgan fingerprint density at radius 1 is 1.20 bits per heavy atom. The molecule has 0 saturated heterocycles. The number of benzene rings is 1. The van der Waals surface area contributed by atoms with Crippen LogP contribution in [0.2, 0.25) is 0 Å². The van der Waals surface area contributed by atoms with Gasteiger partial charge in [0.2, 0.25) is 0 Å². The lowest BCUT2D eigenvalue weighted by Gasteiger charge is -2.05. The summed E-state index contributed by atoms with van der Waals surface area (Å²) in [6.07, 6.45) is 4.04. The summed E-state index contributed by atoms with van der Waals surface area (Å²) in [5, 5.41) is 8.79. The molecule has 0 atom stereocenters. The van der Waals surface area contributed by atoms with Gasteiger partial charge in [0.05, 0.1) is 12.3 Å². The van der Waals surface area contributed by atoms with E-state index in [0.717, 1.165) is 22.7 Å². The van der Waals surface area contributed by atoms with E-state index in [-0.39, 0.29) is 6.61 Å². The quantitative estimate of drug-likeness (QED) is 0.711. The number of hydrogen-bond donors (Lipinski definition) is 1. The molecule has 0 fully saturated rings. The average molecular weight is 378 g/mol. The lowest BCUT2D eigenvalue weighted by molar-refractivity contribution is 0.201. The molecule has 1 aromatic carbocycles. The molecule has 0 unspecified atom stereocenters. The van der Waals surface area contributed by atoms with Gasteiger partial charge in [-0.3, -0.25) is 0 Å². The molecular weight excluding hydrogens is 365 g/mol. The first kappa shape index (κ1) is 13.4. The van der Waals surface area contributed by atoms with Crippen molar-refractivity contribution in [2.45, 2.75) is 0 Å². The molecule has 3 aromatic rings. The Kier molecular flexibility index (Phi) is 3.88. The zero-order valence-electron chi connectivity index (χ0n) is 10.7. The minimum atomic E-state index is 0.0109. The highest BCUT2D eigenvalue weighted by atomic mass is 125. The van der Waals surface area contributed by atoms with Crippen LogP contribution in [0, 0.1) is 3.57 Å². The standard InChI is InChI=1S/C15H13IN2O2/c16-12-4-5-15-17-14(10-18(15)9-12)11-2-1-3-13(8-11)20-7-6-19/h1-5,8-10,19H,6-7H2/i16-2. The third-order valence-corrected chi connectivity index (χ3v) is 3.54. The first-order valence-electron chi connectivity index (χ1n) is 6.24. The van der Waals surface area contributed by atoms with Crippen molar-refractivity contribution in [3.63, 3.8) is 0 Å². The van der Waals surface area contributed by atoms with Crippen LogP contribution in [0.3, 0.4) is 0 Å². The van der Waals surface area contributed by atoms with Crippen LogP contribution in [0.5, 0.6) is 5.75 Å². The van der Waals surface area contributed by atoms with Crippen molar-refractivity contribution < 1.29 is 9.84 Å². The number of hydrogen-bond acceptors (Lipinski definition) is 3. The van der Waals surface area contributed by atoms with Crippen molar-refractivity contribution >= 4 is 28.2 Å². The van der Waals surface area contributed by atoms with Crippen molar-refractivity contribution in [2.24, 2.45) is 0 Å². The highest BCUT2D eigenvalue weighted by molar-refractivity contribution is 14.1. The fraction of sp³-hybridized carbons (Fsp3) is 0.133. The highest BCUT2D eigenvalue weighted by Crippen LogP contribution is 2.24. The van der Waals surface area contributed by atoms with Crippen LogP contribution >= 0.6 is 22.6 Å². The van der Waals surface area contributed by atoms with Gasteiger partial charge in [-0.15, -0.1) is 0 Å². The molecule has 0 saturated carbocycles. The number of aliphatic hydroxyl groups excluding tert-OH is 1. The molecule has 4 nitrogen and oxygen atoms in total. The Morgan fingerprint density at radius 2 is 2.10 bits per heavy atom. The minimum Gasteiger partial charge on any atom is -0.491 e. The third kappa shape index (κ3) is 2.78. The molecule has 0 spiro atoms. The summed E-state index contributed by atoms with van der Waals surface area (Å²) < 4.78 is 8.60. The number of pyridine rings is 1. The number of nitrogens with zero attached hydrogens (tertiary/aromatic N) is 2. The minimum absolute atomic E-state index is 0.0109. The Labute approximate surface area is 130 Å². The van der Waals surface area contributed by atoms with Crippen LogP contribution in [-0.4, -0.2) is 27.7 Å². The Hall–Kier alpha value is -1.60. The zero-order chi connectivity index (χ0) is 13.9. The SMILES string of the molecule is OCCOc1cccc(-c2cn3cc([125I])ccc3n2)c1. The van der Waals surface area contributed by atoms with E-state index in [1.807, 2.05) is 53.2 Å². The Balaban J connectivity index is 1.97. The monoisotopic (exact) mass is 378 g/mol. The number of aromatic nitrogens is 2. The molecule has 1 N–H and O–H groups in total. The second-order valence-electron chi connectivity index (χ2n) is 4.34. The smallest absolute Gasteiger partial charge is 0.137 e. The van der Waals surface area contributed by atoms with Gasteiger partial charge in [-0.1, -0.05) is 12.1 Å². The molecule has 2 aromatic heterocycles. The van der Waals surface area contributed by atoms with Crippen molar-refractivity contribution in [3.05, 3.63) is 52.4 Å². The zero-order valence-corrected chi connectivity index (χ0v) is 12.8. The number of halogens is 1. The Bertz CT molecular complexity index is 740. The summed E-state index contributed by atoms with van der Waals surface area (Å²) in [5.74, 6) is 0.739. The highest BCUT2D eigenvalue weighted by Gasteiger charge is 2.05. The van der Waals surface area contributed by atoms with Gasteiger partial charge in [-0.05, 0) is 46.9 Å². The van der Waals surface area contributed by atoms with Crippen LogP contribution in [0.4, 0.5) is 0 Å². The molecule has 0 radical (unpaired) electrons. The van der Waals surface area contributed by atoms with Gasteiger partial charge < -0.3 is 14.2 Å². The average Bonchev–Trinajstić information content (AvgIpc) is 2.88. The van der Waals surface area contributed by atoms with Crippen molar-refractivity contribution in [3.8, 4) is 17.0 Å². The van der Waals surface area contributed by atoms with Crippen LogP contribution in [0.1, 0.15) is 0 Å². The third-order valence-electron chi connectivity index (χ3n) is 2.90. The molecule has 20 heavy (non-hydrogen) atoms. The molecule has 3 rings (SSSR count). The van der Waals surface area contributed by atoms with E-state index in [9.17, 15) is 0 Å². The molecule has 0 aliphatic carbocycles. The maximum atomic E-state index is 8.79. The van der Waals surface area contributed by atoms with E-state index in [4.69, 9.17) is 9.84 Å². The van der Waals surface area contributed by atoms with Crippen LogP contribution in [0.15, 0.2) is 48.8 Å². The summed E-state index contributed by atoms with van der Waals surface area (Å²) in [4.78, 5) is 4.60. The molecule has 5 heteroatoms. The maximum Gasteiger partial charge on any atom is 0.137 e. The summed E-state index contributed by atoms with van der Waals surface area (Å²) in [6, 6.07) is 11.8. The summed E-state index contributed by atoms with van der Waals surface area (Å²) in [7, 11) is 0. The predicted molar refractivity (Wildman–Crippen MR) is 85.9 cm³/mol. The fourth-order valence-electron chi connectivity index (χ4n) is 2.01. The van der Waals surface area contributed by atoms with E-state index in [1.165, 1.54) is 3.57 Å². The van der Waals surface area contributed by atoms with Gasteiger partial charge in [-0.25, -0.2) is 4.98 Å². The van der Waals surface area contributed by atoms with Crippen LogP contribution < -0.4 is 4.74 Å². The van der Waals surface area contributed by atoms with Crippen LogP contribution in [0.25, 0.3) is 16.9 Å². The number of fused-ring (bicyclic) bond motifs is 1. The van der Waals surface area contributed by atoms with E-state index < -0.39 is 0 Å². The lowest BCUT2D eigenvalue weighted by atomic mass is 10.1.